The fourth-order valence-electron chi connectivity index (χ4n) is 5.21. The number of nitrogens with zero attached hydrogens (tertiary/aromatic N) is 2. The van der Waals surface area contributed by atoms with E-state index in [2.05, 4.69) is 17.9 Å². The summed E-state index contributed by atoms with van der Waals surface area (Å²) >= 11 is 0. The van der Waals surface area contributed by atoms with Crippen molar-refractivity contribution in [3.05, 3.63) is 29.5 Å². The van der Waals surface area contributed by atoms with E-state index in [-0.39, 0.29) is 12.0 Å². The molecule has 27 heavy (non-hydrogen) atoms. The highest BCUT2D eigenvalue weighted by Gasteiger charge is 2.41. The van der Waals surface area contributed by atoms with Gasteiger partial charge in [0.25, 0.3) is 0 Å². The number of methoxy groups -OCH3 is 2. The van der Waals surface area contributed by atoms with Crippen molar-refractivity contribution in [1.82, 2.24) is 9.58 Å². The van der Waals surface area contributed by atoms with Gasteiger partial charge in [0.05, 0.1) is 31.5 Å². The van der Waals surface area contributed by atoms with Gasteiger partial charge in [0.2, 0.25) is 0 Å². The van der Waals surface area contributed by atoms with Gasteiger partial charge in [-0.15, -0.1) is 0 Å². The van der Waals surface area contributed by atoms with E-state index >= 15 is 0 Å². The van der Waals surface area contributed by atoms with Crippen molar-refractivity contribution in [3.8, 4) is 5.75 Å². The number of benzene rings is 1. The predicted octanol–water partition coefficient (Wildman–Crippen LogP) is 2.87. The van der Waals surface area contributed by atoms with Crippen LogP contribution in [0.4, 0.5) is 0 Å². The quantitative estimate of drug-likeness (QED) is 0.661. The topological polar surface area (TPSA) is 69.7 Å². The van der Waals surface area contributed by atoms with E-state index in [1.165, 1.54) is 18.4 Å². The maximum Gasteiger partial charge on any atom is 0.305 e. The monoisotopic (exact) mass is 371 g/mol. The van der Waals surface area contributed by atoms with Crippen molar-refractivity contribution in [2.24, 2.45) is 11.8 Å². The van der Waals surface area contributed by atoms with Crippen LogP contribution in [0.5, 0.6) is 5.75 Å². The number of ether oxygens (including phenoxy) is 2. The summed E-state index contributed by atoms with van der Waals surface area (Å²) in [5.74, 6) is 8.19. The maximum atomic E-state index is 12.0. The summed E-state index contributed by atoms with van der Waals surface area (Å²) in [5.41, 5.74) is 3.51. The average molecular weight is 371 g/mol. The van der Waals surface area contributed by atoms with E-state index < -0.39 is 0 Å². The highest BCUT2D eigenvalue weighted by Crippen LogP contribution is 2.46. The molecule has 0 spiro atoms. The van der Waals surface area contributed by atoms with Crippen molar-refractivity contribution < 1.29 is 14.3 Å². The summed E-state index contributed by atoms with van der Waals surface area (Å²) in [5, 5.41) is 1.14. The molecular formula is C21H29N3O3. The highest BCUT2D eigenvalue weighted by molar-refractivity contribution is 5.91. The fraction of sp³-hybridized carbons (Fsp3) is 0.571. The second-order valence-electron chi connectivity index (χ2n) is 7.79. The van der Waals surface area contributed by atoms with Crippen LogP contribution in [-0.2, 0) is 16.0 Å². The first-order valence-corrected chi connectivity index (χ1v) is 9.85. The zero-order valence-corrected chi connectivity index (χ0v) is 16.4. The Morgan fingerprint density at radius 3 is 2.81 bits per heavy atom. The van der Waals surface area contributed by atoms with E-state index in [0.29, 0.717) is 18.3 Å². The Morgan fingerprint density at radius 1 is 1.30 bits per heavy atom. The van der Waals surface area contributed by atoms with Crippen molar-refractivity contribution >= 4 is 16.9 Å². The second-order valence-corrected chi connectivity index (χ2v) is 7.79. The molecule has 1 aromatic heterocycles. The van der Waals surface area contributed by atoms with Crippen molar-refractivity contribution in [1.29, 1.82) is 0 Å². The SMILES string of the molecule is CC[C@@H]1CN2CCc3c(n(N)c4cccc(OC)c34)[C@@H]2C[C@@H]1CC(=O)OC. The smallest absolute Gasteiger partial charge is 0.305 e. The van der Waals surface area contributed by atoms with E-state index in [9.17, 15) is 4.79 Å². The number of carbonyl (C=O) groups excluding carboxylic acids is 1. The molecule has 0 saturated carbocycles. The molecule has 1 aromatic carbocycles. The molecule has 146 valence electrons. The van der Waals surface area contributed by atoms with Crippen LogP contribution in [0, 0.1) is 11.8 Å². The number of hydrogen-bond acceptors (Lipinski definition) is 5. The molecule has 0 bridgehead atoms. The van der Waals surface area contributed by atoms with Crippen LogP contribution in [0.3, 0.4) is 0 Å². The summed E-state index contributed by atoms with van der Waals surface area (Å²) in [4.78, 5) is 14.5. The van der Waals surface area contributed by atoms with E-state index in [0.717, 1.165) is 49.0 Å². The number of nitrogen functional groups attached to an aromatic ring is 1. The molecular weight excluding hydrogens is 342 g/mol. The van der Waals surface area contributed by atoms with Crippen molar-refractivity contribution in [2.45, 2.75) is 38.6 Å². The summed E-state index contributed by atoms with van der Waals surface area (Å²) in [6.07, 6.45) is 3.49. The molecule has 2 N–H and O–H groups in total. The van der Waals surface area contributed by atoms with Gasteiger partial charge in [0.15, 0.2) is 0 Å². The maximum absolute atomic E-state index is 12.0. The fourth-order valence-corrected chi connectivity index (χ4v) is 5.21. The van der Waals surface area contributed by atoms with Gasteiger partial charge >= 0.3 is 5.97 Å². The molecule has 0 unspecified atom stereocenters. The van der Waals surface area contributed by atoms with Crippen molar-refractivity contribution in [3.63, 3.8) is 0 Å². The average Bonchev–Trinajstić information content (AvgIpc) is 3.00. The number of carbonyl (C=O) groups is 1. The summed E-state index contributed by atoms with van der Waals surface area (Å²) in [6.45, 7) is 4.26. The van der Waals surface area contributed by atoms with Gasteiger partial charge in [-0.2, -0.15) is 0 Å². The van der Waals surface area contributed by atoms with Gasteiger partial charge in [-0.25, -0.2) is 0 Å². The minimum absolute atomic E-state index is 0.113. The van der Waals surface area contributed by atoms with Crippen LogP contribution in [-0.4, -0.2) is 42.9 Å². The third-order valence-corrected chi connectivity index (χ3v) is 6.60. The van der Waals surface area contributed by atoms with Gasteiger partial charge in [0.1, 0.15) is 5.75 Å². The van der Waals surface area contributed by atoms with Gasteiger partial charge in [0, 0.05) is 24.9 Å². The summed E-state index contributed by atoms with van der Waals surface area (Å²) < 4.78 is 12.4. The zero-order chi connectivity index (χ0) is 19.1. The number of rotatable bonds is 4. The normalized spacial score (nSPS) is 25.1. The number of fused-ring (bicyclic) bond motifs is 5. The van der Waals surface area contributed by atoms with Crippen LogP contribution < -0.4 is 10.6 Å². The molecule has 0 aliphatic carbocycles. The molecule has 1 fully saturated rings. The minimum Gasteiger partial charge on any atom is -0.496 e. The van der Waals surface area contributed by atoms with Crippen LogP contribution >= 0.6 is 0 Å². The third-order valence-electron chi connectivity index (χ3n) is 6.60. The number of aromatic nitrogens is 1. The lowest BCUT2D eigenvalue weighted by Gasteiger charge is -2.46. The number of esters is 1. The minimum atomic E-state index is -0.113. The first kappa shape index (κ1) is 18.2. The second kappa shape index (κ2) is 7.08. The van der Waals surface area contributed by atoms with Crippen molar-refractivity contribution in [2.75, 3.05) is 33.2 Å². The standard InChI is InChI=1S/C21H29N3O3/c1-4-13-12-23-9-8-15-20-16(6-5-7-18(20)26-2)24(22)21(15)17(23)10-14(13)11-19(25)27-3/h5-7,13-14,17H,4,8-12,22H2,1-3H3/t13-,14-,17+/m1/s1. The lowest BCUT2D eigenvalue weighted by molar-refractivity contribution is -0.143. The predicted molar refractivity (Wildman–Crippen MR) is 105 cm³/mol. The molecule has 1 saturated heterocycles. The molecule has 6 heteroatoms. The Bertz CT molecular complexity index is 860. The number of nitrogens with two attached hydrogens (primary N) is 1. The lowest BCUT2D eigenvalue weighted by atomic mass is 9.76. The Balaban J connectivity index is 1.76. The van der Waals surface area contributed by atoms with Crippen LogP contribution in [0.15, 0.2) is 18.2 Å². The molecule has 3 atom stereocenters. The van der Waals surface area contributed by atoms with E-state index in [1.807, 2.05) is 16.8 Å². The zero-order valence-electron chi connectivity index (χ0n) is 16.4. The molecule has 2 aliphatic rings. The van der Waals surface area contributed by atoms with E-state index in [1.54, 1.807) is 7.11 Å². The van der Waals surface area contributed by atoms with Crippen LogP contribution in [0.1, 0.15) is 43.5 Å². The lowest BCUT2D eigenvalue weighted by Crippen LogP contribution is -2.47. The Hall–Kier alpha value is -2.21. The molecule has 3 heterocycles. The van der Waals surface area contributed by atoms with Crippen LogP contribution in [0.25, 0.3) is 10.9 Å². The largest absolute Gasteiger partial charge is 0.496 e. The number of hydrogen-bond donors (Lipinski definition) is 1. The number of piperidine rings is 1. The van der Waals surface area contributed by atoms with Crippen LogP contribution in [0.2, 0.25) is 0 Å². The molecule has 0 amide bonds. The summed E-state index contributed by atoms with van der Waals surface area (Å²) in [7, 11) is 3.18. The summed E-state index contributed by atoms with van der Waals surface area (Å²) in [6, 6.07) is 6.29. The molecule has 6 nitrogen and oxygen atoms in total. The first-order chi connectivity index (χ1) is 13.1. The third kappa shape index (κ3) is 2.87. The highest BCUT2D eigenvalue weighted by atomic mass is 16.5. The van der Waals surface area contributed by atoms with Gasteiger partial charge in [-0.1, -0.05) is 19.4 Å². The molecule has 2 aliphatic heterocycles. The van der Waals surface area contributed by atoms with Gasteiger partial charge in [-0.05, 0) is 42.4 Å². The molecule has 2 aromatic rings. The van der Waals surface area contributed by atoms with Gasteiger partial charge in [-0.3, -0.25) is 14.4 Å². The molecule has 0 radical (unpaired) electrons. The molecule has 4 rings (SSSR count). The first-order valence-electron chi connectivity index (χ1n) is 9.85. The Morgan fingerprint density at radius 2 is 2.11 bits per heavy atom. The Labute approximate surface area is 160 Å². The van der Waals surface area contributed by atoms with E-state index in [4.69, 9.17) is 15.3 Å². The Kier molecular flexibility index (Phi) is 4.76. The van der Waals surface area contributed by atoms with Gasteiger partial charge < -0.3 is 15.3 Å².